The summed E-state index contributed by atoms with van der Waals surface area (Å²) in [4.78, 5) is 11.8. The van der Waals surface area contributed by atoms with Crippen molar-refractivity contribution >= 4 is 23.2 Å². The number of amides is 1. The van der Waals surface area contributed by atoms with Gasteiger partial charge in [-0.1, -0.05) is 35.9 Å². The molecule has 0 aliphatic carbocycles. The lowest BCUT2D eigenvalue weighted by atomic mass is 10.1. The van der Waals surface area contributed by atoms with Crippen molar-refractivity contribution in [3.8, 4) is 0 Å². The van der Waals surface area contributed by atoms with Gasteiger partial charge in [-0.2, -0.15) is 0 Å². The van der Waals surface area contributed by atoms with E-state index >= 15 is 0 Å². The molecular weight excluding hydrogens is 260 g/mol. The average Bonchev–Trinajstić information content (AvgIpc) is 2.38. The third kappa shape index (κ3) is 4.30. The van der Waals surface area contributed by atoms with Gasteiger partial charge in [0.05, 0.1) is 6.42 Å². The molecule has 1 amide bonds. The van der Waals surface area contributed by atoms with E-state index in [0.717, 1.165) is 11.1 Å². The zero-order valence-electron chi connectivity index (χ0n) is 10.4. The Morgan fingerprint density at radius 2 is 1.84 bits per heavy atom. The highest BCUT2D eigenvalue weighted by molar-refractivity contribution is 6.30. The second-order valence-corrected chi connectivity index (χ2v) is 4.76. The van der Waals surface area contributed by atoms with Gasteiger partial charge in [0.2, 0.25) is 5.91 Å². The molecule has 3 N–H and O–H groups in total. The van der Waals surface area contributed by atoms with E-state index in [1.54, 1.807) is 18.2 Å². The Morgan fingerprint density at radius 3 is 2.53 bits per heavy atom. The number of anilines is 1. The summed E-state index contributed by atoms with van der Waals surface area (Å²) in [5, 5.41) is 3.55. The molecule has 2 aromatic rings. The van der Waals surface area contributed by atoms with Gasteiger partial charge in [0.15, 0.2) is 0 Å². The van der Waals surface area contributed by atoms with Crippen LogP contribution in [0.1, 0.15) is 11.1 Å². The zero-order chi connectivity index (χ0) is 13.7. The molecule has 98 valence electrons. The van der Waals surface area contributed by atoms with E-state index in [9.17, 15) is 4.79 Å². The number of halogens is 1. The fourth-order valence-electron chi connectivity index (χ4n) is 1.75. The largest absolute Gasteiger partial charge is 0.399 e. The van der Waals surface area contributed by atoms with E-state index in [-0.39, 0.29) is 5.91 Å². The molecule has 0 saturated carbocycles. The number of carbonyl (C=O) groups excluding carboxylic acids is 1. The van der Waals surface area contributed by atoms with E-state index in [4.69, 9.17) is 17.3 Å². The van der Waals surface area contributed by atoms with E-state index in [1.165, 1.54) is 0 Å². The van der Waals surface area contributed by atoms with Crippen molar-refractivity contribution < 1.29 is 4.79 Å². The van der Waals surface area contributed by atoms with Gasteiger partial charge < -0.3 is 11.1 Å². The average molecular weight is 275 g/mol. The topological polar surface area (TPSA) is 55.1 Å². The first kappa shape index (κ1) is 13.4. The van der Waals surface area contributed by atoms with Gasteiger partial charge in [-0.25, -0.2) is 0 Å². The number of nitrogens with two attached hydrogens (primary N) is 1. The van der Waals surface area contributed by atoms with E-state index in [2.05, 4.69) is 5.32 Å². The molecule has 4 heteroatoms. The van der Waals surface area contributed by atoms with Crippen molar-refractivity contribution in [2.24, 2.45) is 0 Å². The molecule has 2 rings (SSSR count). The summed E-state index contributed by atoms with van der Waals surface area (Å²) in [5.41, 5.74) is 8.27. The number of benzene rings is 2. The van der Waals surface area contributed by atoms with Crippen molar-refractivity contribution in [3.63, 3.8) is 0 Å². The first-order valence-electron chi connectivity index (χ1n) is 5.99. The van der Waals surface area contributed by atoms with E-state index in [0.29, 0.717) is 23.7 Å². The van der Waals surface area contributed by atoms with Gasteiger partial charge in [-0.3, -0.25) is 4.79 Å². The zero-order valence-corrected chi connectivity index (χ0v) is 11.2. The van der Waals surface area contributed by atoms with Crippen LogP contribution in [0, 0.1) is 0 Å². The summed E-state index contributed by atoms with van der Waals surface area (Å²) in [6, 6.07) is 14.7. The van der Waals surface area contributed by atoms with Crippen LogP contribution in [0.15, 0.2) is 48.5 Å². The standard InChI is InChI=1S/C15H15ClN2O/c16-13-6-4-11(5-7-13)10-18-15(19)9-12-2-1-3-14(17)8-12/h1-8H,9-10,17H2,(H,18,19). The predicted octanol–water partition coefficient (Wildman–Crippen LogP) is 2.78. The predicted molar refractivity (Wildman–Crippen MR) is 77.9 cm³/mol. The van der Waals surface area contributed by atoms with Gasteiger partial charge in [0.25, 0.3) is 0 Å². The third-order valence-electron chi connectivity index (χ3n) is 2.72. The highest BCUT2D eigenvalue weighted by atomic mass is 35.5. The molecule has 0 aliphatic rings. The molecule has 0 atom stereocenters. The van der Waals surface area contributed by atoms with Gasteiger partial charge in [0, 0.05) is 17.3 Å². The summed E-state index contributed by atoms with van der Waals surface area (Å²) in [5.74, 6) is -0.0273. The fraction of sp³-hybridized carbons (Fsp3) is 0.133. The molecule has 0 fully saturated rings. The summed E-state index contributed by atoms with van der Waals surface area (Å²) >= 11 is 5.80. The minimum absolute atomic E-state index is 0.0273. The van der Waals surface area contributed by atoms with Crippen LogP contribution in [-0.2, 0) is 17.8 Å². The lowest BCUT2D eigenvalue weighted by Gasteiger charge is -2.06. The maximum Gasteiger partial charge on any atom is 0.224 e. The number of hydrogen-bond acceptors (Lipinski definition) is 2. The molecule has 2 aromatic carbocycles. The smallest absolute Gasteiger partial charge is 0.224 e. The summed E-state index contributed by atoms with van der Waals surface area (Å²) in [6.45, 7) is 0.498. The van der Waals surface area contributed by atoms with Crippen LogP contribution in [0.4, 0.5) is 5.69 Å². The molecule has 0 spiro atoms. The van der Waals surface area contributed by atoms with Crippen molar-refractivity contribution in [2.45, 2.75) is 13.0 Å². The maximum atomic E-state index is 11.8. The Labute approximate surface area is 117 Å². The van der Waals surface area contributed by atoms with Crippen LogP contribution in [-0.4, -0.2) is 5.91 Å². The molecule has 19 heavy (non-hydrogen) atoms. The molecule has 0 unspecified atom stereocenters. The quantitative estimate of drug-likeness (QED) is 0.843. The summed E-state index contributed by atoms with van der Waals surface area (Å²) < 4.78 is 0. The van der Waals surface area contributed by atoms with Crippen LogP contribution in [0.25, 0.3) is 0 Å². The molecule has 0 radical (unpaired) electrons. The molecule has 0 aliphatic heterocycles. The van der Waals surface area contributed by atoms with Gasteiger partial charge in [-0.15, -0.1) is 0 Å². The van der Waals surface area contributed by atoms with Crippen LogP contribution < -0.4 is 11.1 Å². The first-order valence-corrected chi connectivity index (χ1v) is 6.37. The summed E-state index contributed by atoms with van der Waals surface area (Å²) in [7, 11) is 0. The Morgan fingerprint density at radius 1 is 1.11 bits per heavy atom. The Kier molecular flexibility index (Phi) is 4.42. The van der Waals surface area contributed by atoms with E-state index < -0.39 is 0 Å². The molecule has 0 heterocycles. The molecule has 0 aromatic heterocycles. The van der Waals surface area contributed by atoms with Crippen molar-refractivity contribution in [2.75, 3.05) is 5.73 Å². The molecule has 3 nitrogen and oxygen atoms in total. The number of hydrogen-bond donors (Lipinski definition) is 2. The lowest BCUT2D eigenvalue weighted by Crippen LogP contribution is -2.24. The van der Waals surface area contributed by atoms with Crippen LogP contribution >= 0.6 is 11.6 Å². The van der Waals surface area contributed by atoms with Crippen LogP contribution in [0.5, 0.6) is 0 Å². The van der Waals surface area contributed by atoms with Crippen LogP contribution in [0.3, 0.4) is 0 Å². The third-order valence-corrected chi connectivity index (χ3v) is 2.97. The van der Waals surface area contributed by atoms with Gasteiger partial charge in [-0.05, 0) is 35.4 Å². The second kappa shape index (κ2) is 6.25. The monoisotopic (exact) mass is 274 g/mol. The first-order chi connectivity index (χ1) is 9.13. The fourth-order valence-corrected chi connectivity index (χ4v) is 1.88. The maximum absolute atomic E-state index is 11.8. The number of rotatable bonds is 4. The normalized spacial score (nSPS) is 10.2. The van der Waals surface area contributed by atoms with Gasteiger partial charge in [0.1, 0.15) is 0 Å². The minimum Gasteiger partial charge on any atom is -0.399 e. The highest BCUT2D eigenvalue weighted by Crippen LogP contribution is 2.10. The Hall–Kier alpha value is -2.00. The second-order valence-electron chi connectivity index (χ2n) is 4.33. The molecule has 0 saturated heterocycles. The Bertz CT molecular complexity index is 567. The van der Waals surface area contributed by atoms with E-state index in [1.807, 2.05) is 30.3 Å². The number of nitrogens with one attached hydrogen (secondary N) is 1. The van der Waals surface area contributed by atoms with Gasteiger partial charge >= 0.3 is 0 Å². The Balaban J connectivity index is 1.86. The molecular formula is C15H15ClN2O. The summed E-state index contributed by atoms with van der Waals surface area (Å²) in [6.07, 6.45) is 0.332. The number of carbonyl (C=O) groups is 1. The lowest BCUT2D eigenvalue weighted by molar-refractivity contribution is -0.120. The molecule has 0 bridgehead atoms. The highest BCUT2D eigenvalue weighted by Gasteiger charge is 2.03. The minimum atomic E-state index is -0.0273. The van der Waals surface area contributed by atoms with Crippen molar-refractivity contribution in [3.05, 3.63) is 64.7 Å². The van der Waals surface area contributed by atoms with Crippen LogP contribution in [0.2, 0.25) is 5.02 Å². The van der Waals surface area contributed by atoms with Crippen molar-refractivity contribution in [1.29, 1.82) is 0 Å². The SMILES string of the molecule is Nc1cccc(CC(=O)NCc2ccc(Cl)cc2)c1. The number of nitrogen functional groups attached to an aromatic ring is 1. The van der Waals surface area contributed by atoms with Crippen molar-refractivity contribution in [1.82, 2.24) is 5.32 Å².